The van der Waals surface area contributed by atoms with E-state index < -0.39 is 0 Å². The highest BCUT2D eigenvalue weighted by Gasteiger charge is 2.26. The van der Waals surface area contributed by atoms with Crippen LogP contribution in [0.3, 0.4) is 0 Å². The lowest BCUT2D eigenvalue weighted by Gasteiger charge is -2.39. The van der Waals surface area contributed by atoms with Gasteiger partial charge in [-0.05, 0) is 51.4 Å². The Labute approximate surface area is 103 Å². The largest absolute Gasteiger partial charge is 0.366 e. The van der Waals surface area contributed by atoms with Gasteiger partial charge in [-0.3, -0.25) is 0 Å². The number of nitrogens with one attached hydrogen (secondary N) is 1. The van der Waals surface area contributed by atoms with Crippen molar-refractivity contribution in [3.63, 3.8) is 0 Å². The third-order valence-corrected chi connectivity index (χ3v) is 3.70. The van der Waals surface area contributed by atoms with Gasteiger partial charge in [0.2, 0.25) is 0 Å². The lowest BCUT2D eigenvalue weighted by molar-refractivity contribution is 0.384. The van der Waals surface area contributed by atoms with Gasteiger partial charge in [0.15, 0.2) is 0 Å². The van der Waals surface area contributed by atoms with Crippen LogP contribution in [0.4, 0.5) is 10.1 Å². The predicted molar refractivity (Wildman–Crippen MR) is 70.0 cm³/mol. The second-order valence-corrected chi connectivity index (χ2v) is 5.01. The number of nitrogens with zero attached hydrogens (tertiary/aromatic N) is 1. The molecular formula is C14H21FN2. The molecule has 1 N–H and O–H groups in total. The fourth-order valence-electron chi connectivity index (χ4n) is 2.64. The summed E-state index contributed by atoms with van der Waals surface area (Å²) in [6.45, 7) is 5.10. The van der Waals surface area contributed by atoms with Gasteiger partial charge in [-0.1, -0.05) is 6.07 Å². The van der Waals surface area contributed by atoms with Gasteiger partial charge in [0.25, 0.3) is 0 Å². The summed E-state index contributed by atoms with van der Waals surface area (Å²) >= 11 is 0. The van der Waals surface area contributed by atoms with E-state index in [0.717, 1.165) is 30.6 Å². The van der Waals surface area contributed by atoms with Gasteiger partial charge in [0.05, 0.1) is 5.69 Å². The van der Waals surface area contributed by atoms with Crippen molar-refractivity contribution in [3.8, 4) is 0 Å². The number of halogens is 1. The SMILES string of the molecule is CNC1CCN(c2cc(C)ccc2F)C(C)C1. The second-order valence-electron chi connectivity index (χ2n) is 5.01. The van der Waals surface area contributed by atoms with Gasteiger partial charge in [0.1, 0.15) is 5.82 Å². The predicted octanol–water partition coefficient (Wildman–Crippen LogP) is 2.71. The number of anilines is 1. The van der Waals surface area contributed by atoms with Crippen molar-refractivity contribution >= 4 is 5.69 Å². The van der Waals surface area contributed by atoms with Crippen molar-refractivity contribution in [3.05, 3.63) is 29.6 Å². The maximum Gasteiger partial charge on any atom is 0.146 e. The van der Waals surface area contributed by atoms with E-state index in [-0.39, 0.29) is 5.82 Å². The Morgan fingerprint density at radius 1 is 1.41 bits per heavy atom. The van der Waals surface area contributed by atoms with Crippen LogP contribution in [-0.4, -0.2) is 25.7 Å². The van der Waals surface area contributed by atoms with Crippen molar-refractivity contribution < 1.29 is 4.39 Å². The molecule has 0 radical (unpaired) electrons. The minimum Gasteiger partial charge on any atom is -0.366 e. The Bertz CT molecular complexity index is 392. The molecule has 2 atom stereocenters. The number of piperidine rings is 1. The van der Waals surface area contributed by atoms with E-state index in [0.29, 0.717) is 12.1 Å². The van der Waals surface area contributed by atoms with E-state index >= 15 is 0 Å². The third kappa shape index (κ3) is 2.60. The summed E-state index contributed by atoms with van der Waals surface area (Å²) in [4.78, 5) is 2.19. The van der Waals surface area contributed by atoms with Crippen molar-refractivity contribution in [1.82, 2.24) is 5.32 Å². The van der Waals surface area contributed by atoms with E-state index in [9.17, 15) is 4.39 Å². The van der Waals surface area contributed by atoms with Crippen LogP contribution in [0.1, 0.15) is 25.3 Å². The Morgan fingerprint density at radius 2 is 2.18 bits per heavy atom. The molecule has 0 bridgehead atoms. The Hall–Kier alpha value is -1.09. The molecule has 2 rings (SSSR count). The zero-order chi connectivity index (χ0) is 12.4. The normalized spacial score (nSPS) is 25.1. The molecular weight excluding hydrogens is 215 g/mol. The third-order valence-electron chi connectivity index (χ3n) is 3.70. The maximum atomic E-state index is 13.8. The van der Waals surface area contributed by atoms with Crippen LogP contribution in [0.5, 0.6) is 0 Å². The molecule has 1 aliphatic heterocycles. The van der Waals surface area contributed by atoms with Crippen LogP contribution in [0.2, 0.25) is 0 Å². The van der Waals surface area contributed by atoms with Crippen molar-refractivity contribution in [2.75, 3.05) is 18.5 Å². The zero-order valence-electron chi connectivity index (χ0n) is 10.8. The van der Waals surface area contributed by atoms with Crippen molar-refractivity contribution in [2.24, 2.45) is 0 Å². The molecule has 0 aliphatic carbocycles. The maximum absolute atomic E-state index is 13.8. The summed E-state index contributed by atoms with van der Waals surface area (Å²) in [6.07, 6.45) is 2.15. The first-order valence-corrected chi connectivity index (χ1v) is 6.32. The zero-order valence-corrected chi connectivity index (χ0v) is 10.8. The average molecular weight is 236 g/mol. The van der Waals surface area contributed by atoms with E-state index in [1.807, 2.05) is 26.1 Å². The lowest BCUT2D eigenvalue weighted by atomic mass is 9.97. The summed E-state index contributed by atoms with van der Waals surface area (Å²) in [5.41, 5.74) is 1.87. The van der Waals surface area contributed by atoms with E-state index in [1.54, 1.807) is 6.07 Å². The molecule has 2 unspecified atom stereocenters. The van der Waals surface area contributed by atoms with Gasteiger partial charge in [0, 0.05) is 18.6 Å². The summed E-state index contributed by atoms with van der Waals surface area (Å²) in [6, 6.07) is 6.29. The van der Waals surface area contributed by atoms with E-state index in [1.165, 1.54) is 0 Å². The van der Waals surface area contributed by atoms with Crippen LogP contribution in [0.25, 0.3) is 0 Å². The molecule has 0 amide bonds. The molecule has 1 heterocycles. The average Bonchev–Trinajstić information content (AvgIpc) is 2.32. The first-order valence-electron chi connectivity index (χ1n) is 6.32. The minimum atomic E-state index is -0.106. The second kappa shape index (κ2) is 5.05. The number of aryl methyl sites for hydroxylation is 1. The molecule has 1 aliphatic rings. The molecule has 0 aromatic heterocycles. The quantitative estimate of drug-likeness (QED) is 0.849. The molecule has 3 heteroatoms. The fourth-order valence-corrected chi connectivity index (χ4v) is 2.64. The standard InChI is InChI=1S/C14H21FN2/c1-10-4-5-13(15)14(8-10)17-7-6-12(16-3)9-11(17)2/h4-5,8,11-12,16H,6-7,9H2,1-3H3. The van der Waals surface area contributed by atoms with Crippen molar-refractivity contribution in [2.45, 2.75) is 38.8 Å². The molecule has 1 aromatic rings. The molecule has 1 saturated heterocycles. The highest BCUT2D eigenvalue weighted by Crippen LogP contribution is 2.27. The van der Waals surface area contributed by atoms with Crippen LogP contribution < -0.4 is 10.2 Å². The summed E-state index contributed by atoms with van der Waals surface area (Å²) < 4.78 is 13.8. The first kappa shape index (κ1) is 12.4. The summed E-state index contributed by atoms with van der Waals surface area (Å²) in [7, 11) is 2.00. The van der Waals surface area contributed by atoms with Gasteiger partial charge >= 0.3 is 0 Å². The molecule has 94 valence electrons. The Morgan fingerprint density at radius 3 is 2.82 bits per heavy atom. The van der Waals surface area contributed by atoms with Crippen LogP contribution in [-0.2, 0) is 0 Å². The van der Waals surface area contributed by atoms with Gasteiger partial charge < -0.3 is 10.2 Å². The molecule has 1 aromatic carbocycles. The number of hydrogen-bond donors (Lipinski definition) is 1. The number of rotatable bonds is 2. The monoisotopic (exact) mass is 236 g/mol. The lowest BCUT2D eigenvalue weighted by Crippen LogP contribution is -2.47. The molecule has 1 fully saturated rings. The van der Waals surface area contributed by atoms with Crippen molar-refractivity contribution in [1.29, 1.82) is 0 Å². The molecule has 0 spiro atoms. The van der Waals surface area contributed by atoms with E-state index in [4.69, 9.17) is 0 Å². The Kier molecular flexibility index (Phi) is 3.67. The topological polar surface area (TPSA) is 15.3 Å². The van der Waals surface area contributed by atoms with Crippen LogP contribution in [0.15, 0.2) is 18.2 Å². The molecule has 0 saturated carbocycles. The van der Waals surface area contributed by atoms with E-state index in [2.05, 4.69) is 17.1 Å². The highest BCUT2D eigenvalue weighted by atomic mass is 19.1. The van der Waals surface area contributed by atoms with Gasteiger partial charge in [-0.25, -0.2) is 4.39 Å². The first-order chi connectivity index (χ1) is 8.11. The molecule has 2 nitrogen and oxygen atoms in total. The fraction of sp³-hybridized carbons (Fsp3) is 0.571. The number of benzene rings is 1. The van der Waals surface area contributed by atoms with Gasteiger partial charge in [-0.2, -0.15) is 0 Å². The molecule has 17 heavy (non-hydrogen) atoms. The highest BCUT2D eigenvalue weighted by molar-refractivity contribution is 5.51. The Balaban J connectivity index is 2.20. The van der Waals surface area contributed by atoms with Gasteiger partial charge in [-0.15, -0.1) is 0 Å². The smallest absolute Gasteiger partial charge is 0.146 e. The summed E-state index contributed by atoms with van der Waals surface area (Å²) in [5.74, 6) is -0.106. The van der Waals surface area contributed by atoms with Crippen LogP contribution >= 0.6 is 0 Å². The minimum absolute atomic E-state index is 0.106. The van der Waals surface area contributed by atoms with Crippen LogP contribution in [0, 0.1) is 12.7 Å². The number of hydrogen-bond acceptors (Lipinski definition) is 2. The summed E-state index contributed by atoms with van der Waals surface area (Å²) in [5, 5.41) is 3.31.